The number of anilines is 2. The lowest BCUT2D eigenvalue weighted by atomic mass is 10.1. The van der Waals surface area contributed by atoms with E-state index in [-0.39, 0.29) is 24.8 Å². The highest BCUT2D eigenvalue weighted by Crippen LogP contribution is 2.29. The van der Waals surface area contributed by atoms with Crippen LogP contribution in [-0.4, -0.2) is 25.5 Å². The van der Waals surface area contributed by atoms with E-state index >= 15 is 0 Å². The fraction of sp³-hybridized carbons (Fsp3) is 0.333. The lowest BCUT2D eigenvalue weighted by molar-refractivity contribution is -0.117. The third-order valence-corrected chi connectivity index (χ3v) is 4.21. The van der Waals surface area contributed by atoms with Gasteiger partial charge in [-0.05, 0) is 48.7 Å². The van der Waals surface area contributed by atoms with Crippen LogP contribution in [0.4, 0.5) is 11.4 Å². The molecule has 0 fully saturated rings. The summed E-state index contributed by atoms with van der Waals surface area (Å²) >= 11 is 0. The summed E-state index contributed by atoms with van der Waals surface area (Å²) in [6.07, 6.45) is 1.16. The van der Waals surface area contributed by atoms with Gasteiger partial charge in [0.25, 0.3) is 0 Å². The smallest absolute Gasteiger partial charge is 0.226 e. The Hall–Kier alpha value is -2.82. The standard InChI is InChI=1S/C21H26N2O3/c1-5-17-7-9-18(10-8-17)22-21(25)12-13-23(16(3)24)19-14-15(2)6-11-20(19)26-4/h6-11,14H,5,12-13H2,1-4H3,(H,22,25). The van der Waals surface area contributed by atoms with Crippen LogP contribution in [0, 0.1) is 6.92 Å². The molecule has 2 aromatic carbocycles. The lowest BCUT2D eigenvalue weighted by Gasteiger charge is -2.23. The topological polar surface area (TPSA) is 58.6 Å². The quantitative estimate of drug-likeness (QED) is 0.819. The van der Waals surface area contributed by atoms with Gasteiger partial charge in [0.15, 0.2) is 0 Å². The van der Waals surface area contributed by atoms with E-state index < -0.39 is 0 Å². The van der Waals surface area contributed by atoms with Gasteiger partial charge in [0.1, 0.15) is 5.75 Å². The molecule has 2 amide bonds. The first-order chi connectivity index (χ1) is 12.4. The van der Waals surface area contributed by atoms with Crippen molar-refractivity contribution in [2.24, 2.45) is 0 Å². The summed E-state index contributed by atoms with van der Waals surface area (Å²) in [5.41, 5.74) is 3.68. The second-order valence-corrected chi connectivity index (χ2v) is 6.19. The summed E-state index contributed by atoms with van der Waals surface area (Å²) < 4.78 is 5.36. The van der Waals surface area contributed by atoms with Crippen molar-refractivity contribution in [3.63, 3.8) is 0 Å². The molecule has 0 unspecified atom stereocenters. The van der Waals surface area contributed by atoms with Crippen LogP contribution in [0.3, 0.4) is 0 Å². The van der Waals surface area contributed by atoms with E-state index in [9.17, 15) is 9.59 Å². The molecule has 2 aromatic rings. The SMILES string of the molecule is CCc1ccc(NC(=O)CCN(C(C)=O)c2cc(C)ccc2OC)cc1. The fourth-order valence-electron chi connectivity index (χ4n) is 2.72. The van der Waals surface area contributed by atoms with E-state index in [4.69, 9.17) is 4.74 Å². The molecule has 0 aromatic heterocycles. The van der Waals surface area contributed by atoms with Crippen LogP contribution in [0.5, 0.6) is 5.75 Å². The van der Waals surface area contributed by atoms with Gasteiger partial charge >= 0.3 is 0 Å². The Morgan fingerprint density at radius 2 is 1.81 bits per heavy atom. The van der Waals surface area contributed by atoms with Gasteiger partial charge in [-0.1, -0.05) is 25.1 Å². The van der Waals surface area contributed by atoms with E-state index in [0.29, 0.717) is 11.4 Å². The van der Waals surface area contributed by atoms with Crippen LogP contribution < -0.4 is 15.0 Å². The summed E-state index contributed by atoms with van der Waals surface area (Å²) in [4.78, 5) is 25.9. The van der Waals surface area contributed by atoms with Crippen molar-refractivity contribution < 1.29 is 14.3 Å². The number of methoxy groups -OCH3 is 1. The summed E-state index contributed by atoms with van der Waals surface area (Å²) in [6, 6.07) is 13.4. The number of nitrogens with one attached hydrogen (secondary N) is 1. The molecule has 2 rings (SSSR count). The molecule has 1 N–H and O–H groups in total. The predicted octanol–water partition coefficient (Wildman–Crippen LogP) is 3.95. The molecule has 0 saturated heterocycles. The lowest BCUT2D eigenvalue weighted by Crippen LogP contribution is -2.32. The summed E-state index contributed by atoms with van der Waals surface area (Å²) in [5, 5.41) is 2.87. The summed E-state index contributed by atoms with van der Waals surface area (Å²) in [7, 11) is 1.57. The Labute approximate surface area is 155 Å². The molecular formula is C21H26N2O3. The molecule has 0 aliphatic carbocycles. The molecule has 0 heterocycles. The minimum absolute atomic E-state index is 0.131. The van der Waals surface area contributed by atoms with Gasteiger partial charge in [-0.15, -0.1) is 0 Å². The highest BCUT2D eigenvalue weighted by atomic mass is 16.5. The van der Waals surface area contributed by atoms with E-state index in [1.54, 1.807) is 12.0 Å². The molecule has 0 saturated carbocycles. The van der Waals surface area contributed by atoms with Crippen molar-refractivity contribution in [3.8, 4) is 5.75 Å². The monoisotopic (exact) mass is 354 g/mol. The van der Waals surface area contributed by atoms with E-state index in [1.807, 2.05) is 49.4 Å². The zero-order valence-corrected chi connectivity index (χ0v) is 15.8. The number of hydrogen-bond acceptors (Lipinski definition) is 3. The molecule has 5 heteroatoms. The van der Waals surface area contributed by atoms with Crippen LogP contribution in [0.2, 0.25) is 0 Å². The first-order valence-corrected chi connectivity index (χ1v) is 8.76. The number of nitrogens with zero attached hydrogens (tertiary/aromatic N) is 1. The number of rotatable bonds is 7. The third-order valence-electron chi connectivity index (χ3n) is 4.21. The van der Waals surface area contributed by atoms with Crippen LogP contribution in [0.25, 0.3) is 0 Å². The normalized spacial score (nSPS) is 10.3. The van der Waals surface area contributed by atoms with Gasteiger partial charge in [0.2, 0.25) is 11.8 Å². The van der Waals surface area contributed by atoms with E-state index in [2.05, 4.69) is 12.2 Å². The second-order valence-electron chi connectivity index (χ2n) is 6.19. The van der Waals surface area contributed by atoms with Gasteiger partial charge < -0.3 is 15.0 Å². The Kier molecular flexibility index (Phi) is 6.78. The summed E-state index contributed by atoms with van der Waals surface area (Å²) in [5.74, 6) is 0.350. The van der Waals surface area contributed by atoms with Crippen LogP contribution in [0.15, 0.2) is 42.5 Å². The van der Waals surface area contributed by atoms with Crippen molar-refractivity contribution in [2.45, 2.75) is 33.6 Å². The Bertz CT molecular complexity index is 769. The number of carbonyl (C=O) groups excluding carboxylic acids is 2. The van der Waals surface area contributed by atoms with Gasteiger partial charge in [-0.2, -0.15) is 0 Å². The van der Waals surface area contributed by atoms with E-state index in [0.717, 1.165) is 17.7 Å². The molecular weight excluding hydrogens is 328 g/mol. The number of carbonyl (C=O) groups is 2. The highest BCUT2D eigenvalue weighted by molar-refractivity contribution is 5.95. The Morgan fingerprint density at radius 3 is 2.38 bits per heavy atom. The predicted molar refractivity (Wildman–Crippen MR) is 105 cm³/mol. The van der Waals surface area contributed by atoms with Gasteiger partial charge in [-0.3, -0.25) is 9.59 Å². The average molecular weight is 354 g/mol. The molecule has 0 bridgehead atoms. The molecule has 0 spiro atoms. The Morgan fingerprint density at radius 1 is 1.12 bits per heavy atom. The minimum Gasteiger partial charge on any atom is -0.495 e. The minimum atomic E-state index is -0.132. The first kappa shape index (κ1) is 19.5. The van der Waals surface area contributed by atoms with Crippen molar-refractivity contribution in [1.29, 1.82) is 0 Å². The summed E-state index contributed by atoms with van der Waals surface area (Å²) in [6.45, 7) is 5.81. The molecule has 0 atom stereocenters. The largest absolute Gasteiger partial charge is 0.495 e. The molecule has 0 radical (unpaired) electrons. The molecule has 5 nitrogen and oxygen atoms in total. The number of aryl methyl sites for hydroxylation is 2. The fourth-order valence-corrected chi connectivity index (χ4v) is 2.72. The zero-order chi connectivity index (χ0) is 19.1. The van der Waals surface area contributed by atoms with Gasteiger partial charge in [-0.25, -0.2) is 0 Å². The maximum atomic E-state index is 12.3. The molecule has 0 aliphatic heterocycles. The first-order valence-electron chi connectivity index (χ1n) is 8.76. The average Bonchev–Trinajstić information content (AvgIpc) is 2.62. The van der Waals surface area contributed by atoms with Crippen LogP contribution >= 0.6 is 0 Å². The third kappa shape index (κ3) is 5.09. The highest BCUT2D eigenvalue weighted by Gasteiger charge is 2.17. The number of amides is 2. The number of ether oxygens (including phenoxy) is 1. The molecule has 26 heavy (non-hydrogen) atoms. The second kappa shape index (κ2) is 9.04. The van der Waals surface area contributed by atoms with Crippen molar-refractivity contribution >= 4 is 23.2 Å². The van der Waals surface area contributed by atoms with Gasteiger partial charge in [0, 0.05) is 25.6 Å². The molecule has 138 valence electrons. The van der Waals surface area contributed by atoms with Crippen molar-refractivity contribution in [1.82, 2.24) is 0 Å². The van der Waals surface area contributed by atoms with Crippen LogP contribution in [0.1, 0.15) is 31.4 Å². The number of benzene rings is 2. The van der Waals surface area contributed by atoms with E-state index in [1.165, 1.54) is 12.5 Å². The van der Waals surface area contributed by atoms with Crippen molar-refractivity contribution in [3.05, 3.63) is 53.6 Å². The zero-order valence-electron chi connectivity index (χ0n) is 15.8. The maximum Gasteiger partial charge on any atom is 0.226 e. The van der Waals surface area contributed by atoms with Crippen LogP contribution in [-0.2, 0) is 16.0 Å². The number of hydrogen-bond donors (Lipinski definition) is 1. The van der Waals surface area contributed by atoms with Crippen molar-refractivity contribution in [2.75, 3.05) is 23.9 Å². The maximum absolute atomic E-state index is 12.3. The Balaban J connectivity index is 2.05. The molecule has 0 aliphatic rings. The van der Waals surface area contributed by atoms with Gasteiger partial charge in [0.05, 0.1) is 12.8 Å².